The number of alkyl halides is 2. The molecular formula is C13H15ClF2O2. The summed E-state index contributed by atoms with van der Waals surface area (Å²) in [7, 11) is 0. The molecule has 0 heterocycles. The lowest BCUT2D eigenvalue weighted by Crippen LogP contribution is -2.10. The summed E-state index contributed by atoms with van der Waals surface area (Å²) in [5.41, 5.74) is 0.889. The van der Waals surface area contributed by atoms with E-state index in [1.54, 1.807) is 12.1 Å². The van der Waals surface area contributed by atoms with Crippen LogP contribution in [0, 0.1) is 5.92 Å². The molecule has 0 fully saturated rings. The van der Waals surface area contributed by atoms with Crippen LogP contribution in [0.3, 0.4) is 0 Å². The Labute approximate surface area is 110 Å². The Hall–Kier alpha value is -1.16. The summed E-state index contributed by atoms with van der Waals surface area (Å²) < 4.78 is 28.3. The zero-order valence-electron chi connectivity index (χ0n) is 10.2. The lowest BCUT2D eigenvalue weighted by atomic mass is 9.86. The Bertz CT molecular complexity index is 390. The van der Waals surface area contributed by atoms with E-state index in [1.807, 2.05) is 13.8 Å². The highest BCUT2D eigenvalue weighted by atomic mass is 35.5. The van der Waals surface area contributed by atoms with Crippen LogP contribution in [0.4, 0.5) is 8.78 Å². The molecule has 1 aromatic carbocycles. The van der Waals surface area contributed by atoms with E-state index in [4.69, 9.17) is 11.6 Å². The number of hydrogen-bond acceptors (Lipinski definition) is 2. The van der Waals surface area contributed by atoms with Crippen LogP contribution < -0.4 is 4.74 Å². The van der Waals surface area contributed by atoms with Gasteiger partial charge >= 0.3 is 6.61 Å². The van der Waals surface area contributed by atoms with E-state index in [9.17, 15) is 13.6 Å². The molecule has 0 bridgehead atoms. The number of hydrogen-bond donors (Lipinski definition) is 0. The topological polar surface area (TPSA) is 26.3 Å². The first-order valence-electron chi connectivity index (χ1n) is 5.63. The molecule has 0 radical (unpaired) electrons. The number of benzene rings is 1. The van der Waals surface area contributed by atoms with Gasteiger partial charge in [-0.05, 0) is 41.1 Å². The summed E-state index contributed by atoms with van der Waals surface area (Å²) in [6.07, 6.45) is 0.230. The van der Waals surface area contributed by atoms with Crippen molar-refractivity contribution in [3.63, 3.8) is 0 Å². The van der Waals surface area contributed by atoms with E-state index < -0.39 is 11.9 Å². The van der Waals surface area contributed by atoms with Gasteiger partial charge in [0.1, 0.15) is 5.75 Å². The zero-order valence-corrected chi connectivity index (χ0v) is 11.0. The largest absolute Gasteiger partial charge is 0.435 e. The predicted octanol–water partition coefficient (Wildman–Crippen LogP) is 4.18. The molecule has 2 nitrogen and oxygen atoms in total. The molecule has 100 valence electrons. The molecule has 0 saturated heterocycles. The SMILES string of the molecule is CC(C)C(CC(=O)Cl)c1ccc(OC(F)F)cc1. The summed E-state index contributed by atoms with van der Waals surface area (Å²) >= 11 is 5.40. The predicted molar refractivity (Wildman–Crippen MR) is 66.1 cm³/mol. The van der Waals surface area contributed by atoms with E-state index in [0.29, 0.717) is 0 Å². The van der Waals surface area contributed by atoms with Crippen molar-refractivity contribution in [1.29, 1.82) is 0 Å². The van der Waals surface area contributed by atoms with Crippen LogP contribution in [0.2, 0.25) is 0 Å². The molecule has 1 unspecified atom stereocenters. The lowest BCUT2D eigenvalue weighted by molar-refractivity contribution is -0.112. The molecule has 0 aliphatic heterocycles. The molecule has 0 aliphatic rings. The van der Waals surface area contributed by atoms with Crippen molar-refractivity contribution < 1.29 is 18.3 Å². The molecule has 0 amide bonds. The quantitative estimate of drug-likeness (QED) is 0.729. The van der Waals surface area contributed by atoms with Crippen LogP contribution in [-0.2, 0) is 4.79 Å². The van der Waals surface area contributed by atoms with Gasteiger partial charge in [-0.2, -0.15) is 8.78 Å². The van der Waals surface area contributed by atoms with Gasteiger partial charge in [0.25, 0.3) is 0 Å². The van der Waals surface area contributed by atoms with Crippen LogP contribution in [0.25, 0.3) is 0 Å². The number of halogens is 3. The molecule has 1 atom stereocenters. The van der Waals surface area contributed by atoms with Gasteiger partial charge in [0.2, 0.25) is 5.24 Å². The highest BCUT2D eigenvalue weighted by molar-refractivity contribution is 6.63. The van der Waals surface area contributed by atoms with Crippen molar-refractivity contribution in [2.24, 2.45) is 5.92 Å². The lowest BCUT2D eigenvalue weighted by Gasteiger charge is -2.19. The number of carbonyl (C=O) groups excluding carboxylic acids is 1. The minimum absolute atomic E-state index is 0.0180. The molecule has 0 aromatic heterocycles. The van der Waals surface area contributed by atoms with Gasteiger partial charge in [-0.25, -0.2) is 0 Å². The van der Waals surface area contributed by atoms with Crippen LogP contribution in [0.5, 0.6) is 5.75 Å². The maximum absolute atomic E-state index is 12.0. The van der Waals surface area contributed by atoms with E-state index in [1.165, 1.54) is 12.1 Å². The van der Waals surface area contributed by atoms with E-state index in [2.05, 4.69) is 4.74 Å². The molecule has 0 saturated carbocycles. The van der Waals surface area contributed by atoms with Crippen molar-refractivity contribution in [2.45, 2.75) is 32.8 Å². The van der Waals surface area contributed by atoms with E-state index in [-0.39, 0.29) is 24.0 Å². The minimum Gasteiger partial charge on any atom is -0.435 e. The molecule has 18 heavy (non-hydrogen) atoms. The summed E-state index contributed by atoms with van der Waals surface area (Å²) in [6, 6.07) is 6.30. The number of rotatable bonds is 6. The van der Waals surface area contributed by atoms with Crippen LogP contribution >= 0.6 is 11.6 Å². The summed E-state index contributed by atoms with van der Waals surface area (Å²) in [5, 5.41) is -0.401. The Morgan fingerprint density at radius 1 is 1.28 bits per heavy atom. The maximum atomic E-state index is 12.0. The van der Waals surface area contributed by atoms with Gasteiger partial charge in [0, 0.05) is 6.42 Å². The smallest absolute Gasteiger partial charge is 0.387 e. The Morgan fingerprint density at radius 3 is 2.22 bits per heavy atom. The molecular weight excluding hydrogens is 262 g/mol. The third kappa shape index (κ3) is 4.61. The van der Waals surface area contributed by atoms with Gasteiger partial charge in [-0.3, -0.25) is 4.79 Å². The van der Waals surface area contributed by atoms with Crippen LogP contribution in [0.1, 0.15) is 31.7 Å². The second-order valence-corrected chi connectivity index (χ2v) is 4.78. The minimum atomic E-state index is -2.83. The van der Waals surface area contributed by atoms with Crippen LogP contribution in [-0.4, -0.2) is 11.9 Å². The Balaban J connectivity index is 2.83. The van der Waals surface area contributed by atoms with Crippen molar-refractivity contribution >= 4 is 16.8 Å². The van der Waals surface area contributed by atoms with Gasteiger partial charge < -0.3 is 4.74 Å². The van der Waals surface area contributed by atoms with Crippen molar-refractivity contribution in [3.05, 3.63) is 29.8 Å². The monoisotopic (exact) mass is 276 g/mol. The number of carbonyl (C=O) groups is 1. The van der Waals surface area contributed by atoms with E-state index in [0.717, 1.165) is 5.56 Å². The molecule has 1 rings (SSSR count). The standard InChI is InChI=1S/C13H15ClF2O2/c1-8(2)11(7-12(14)17)9-3-5-10(6-4-9)18-13(15)16/h3-6,8,11,13H,7H2,1-2H3. The number of ether oxygens (including phenoxy) is 1. The first-order chi connectivity index (χ1) is 8.40. The Kier molecular flexibility index (Phi) is 5.54. The zero-order chi connectivity index (χ0) is 13.7. The summed E-state index contributed by atoms with van der Waals surface area (Å²) in [4.78, 5) is 11.0. The van der Waals surface area contributed by atoms with Crippen molar-refractivity contribution in [1.82, 2.24) is 0 Å². The Morgan fingerprint density at radius 2 is 1.83 bits per heavy atom. The van der Waals surface area contributed by atoms with Gasteiger partial charge in [-0.15, -0.1) is 0 Å². The fourth-order valence-electron chi connectivity index (χ4n) is 1.81. The third-order valence-corrected chi connectivity index (χ3v) is 2.87. The third-order valence-electron chi connectivity index (χ3n) is 2.72. The fraction of sp³-hybridized carbons (Fsp3) is 0.462. The molecule has 0 aliphatic carbocycles. The maximum Gasteiger partial charge on any atom is 0.387 e. The second-order valence-electron chi connectivity index (χ2n) is 4.36. The fourth-order valence-corrected chi connectivity index (χ4v) is 1.97. The first kappa shape index (κ1) is 14.9. The molecule has 0 spiro atoms. The first-order valence-corrected chi connectivity index (χ1v) is 6.01. The van der Waals surface area contributed by atoms with Gasteiger partial charge in [0.15, 0.2) is 0 Å². The van der Waals surface area contributed by atoms with Crippen molar-refractivity contribution in [3.8, 4) is 5.75 Å². The summed E-state index contributed by atoms with van der Waals surface area (Å²) in [6.45, 7) is 1.13. The molecule has 5 heteroatoms. The highest BCUT2D eigenvalue weighted by Gasteiger charge is 2.18. The molecule has 1 aromatic rings. The average Bonchev–Trinajstić information content (AvgIpc) is 2.26. The highest BCUT2D eigenvalue weighted by Crippen LogP contribution is 2.30. The second kappa shape index (κ2) is 6.69. The van der Waals surface area contributed by atoms with E-state index >= 15 is 0 Å². The molecule has 0 N–H and O–H groups in total. The normalized spacial score (nSPS) is 12.8. The van der Waals surface area contributed by atoms with Gasteiger partial charge in [-0.1, -0.05) is 26.0 Å². The average molecular weight is 277 g/mol. The van der Waals surface area contributed by atoms with Gasteiger partial charge in [0.05, 0.1) is 0 Å². The summed E-state index contributed by atoms with van der Waals surface area (Å²) in [5.74, 6) is 0.318. The van der Waals surface area contributed by atoms with Crippen LogP contribution in [0.15, 0.2) is 24.3 Å². The van der Waals surface area contributed by atoms with Crippen molar-refractivity contribution in [2.75, 3.05) is 0 Å².